The van der Waals surface area contributed by atoms with E-state index in [9.17, 15) is 0 Å². The first-order chi connectivity index (χ1) is 7.81. The predicted molar refractivity (Wildman–Crippen MR) is 67.4 cm³/mol. The van der Waals surface area contributed by atoms with Gasteiger partial charge in [-0.2, -0.15) is 0 Å². The van der Waals surface area contributed by atoms with Gasteiger partial charge in [-0.3, -0.25) is 9.88 Å². The molecule has 2 heterocycles. The minimum atomic E-state index is 0.612. The average molecular weight is 218 g/mol. The number of likely N-dealkylation sites (tertiary alicyclic amines) is 1. The molecule has 1 saturated heterocycles. The molecule has 0 aromatic carbocycles. The lowest BCUT2D eigenvalue weighted by molar-refractivity contribution is 0.149. The lowest BCUT2D eigenvalue weighted by atomic mass is 9.95. The third-order valence-electron chi connectivity index (χ3n) is 3.41. The molecule has 0 amide bonds. The van der Waals surface area contributed by atoms with Gasteiger partial charge in [0.25, 0.3) is 0 Å². The van der Waals surface area contributed by atoms with Crippen molar-refractivity contribution < 1.29 is 0 Å². The van der Waals surface area contributed by atoms with Crippen LogP contribution in [0, 0.1) is 6.92 Å². The highest BCUT2D eigenvalue weighted by Gasteiger charge is 2.23. The van der Waals surface area contributed by atoms with Gasteiger partial charge in [0.15, 0.2) is 0 Å². The Bertz CT molecular complexity index is 333. The van der Waals surface area contributed by atoms with Gasteiger partial charge in [-0.25, -0.2) is 0 Å². The van der Waals surface area contributed by atoms with E-state index in [-0.39, 0.29) is 0 Å². The first-order valence-electron chi connectivity index (χ1n) is 6.47. The van der Waals surface area contributed by atoms with Crippen molar-refractivity contribution in [3.8, 4) is 0 Å². The number of pyridine rings is 1. The number of rotatable bonds is 3. The lowest BCUT2D eigenvalue weighted by Gasteiger charge is -2.35. The van der Waals surface area contributed by atoms with Gasteiger partial charge in [0.1, 0.15) is 0 Å². The Balaban J connectivity index is 2.16. The van der Waals surface area contributed by atoms with E-state index in [1.807, 2.05) is 12.4 Å². The first kappa shape index (κ1) is 11.6. The van der Waals surface area contributed by atoms with Crippen LogP contribution in [-0.2, 0) is 0 Å². The van der Waals surface area contributed by atoms with Crippen LogP contribution in [0.25, 0.3) is 0 Å². The molecule has 88 valence electrons. The van der Waals surface area contributed by atoms with Crippen molar-refractivity contribution in [1.82, 2.24) is 9.88 Å². The zero-order valence-corrected chi connectivity index (χ0v) is 10.4. The summed E-state index contributed by atoms with van der Waals surface area (Å²) in [5.74, 6) is 0. The van der Waals surface area contributed by atoms with Gasteiger partial charge in [-0.1, -0.05) is 19.4 Å². The SMILES string of the molecule is CCCN1CCCCC1c1cncc(C)c1. The van der Waals surface area contributed by atoms with Crippen LogP contribution < -0.4 is 0 Å². The zero-order chi connectivity index (χ0) is 11.4. The van der Waals surface area contributed by atoms with Crippen molar-refractivity contribution >= 4 is 0 Å². The Kier molecular flexibility index (Phi) is 3.94. The second-order valence-corrected chi connectivity index (χ2v) is 4.84. The number of piperidine rings is 1. The van der Waals surface area contributed by atoms with Crippen LogP contribution in [0.2, 0.25) is 0 Å². The van der Waals surface area contributed by atoms with Crippen LogP contribution in [0.1, 0.15) is 49.8 Å². The van der Waals surface area contributed by atoms with E-state index < -0.39 is 0 Å². The Hall–Kier alpha value is -0.890. The van der Waals surface area contributed by atoms with Crippen molar-refractivity contribution in [3.63, 3.8) is 0 Å². The van der Waals surface area contributed by atoms with Crippen LogP contribution in [0.3, 0.4) is 0 Å². The molecular weight excluding hydrogens is 196 g/mol. The van der Waals surface area contributed by atoms with Gasteiger partial charge in [0.05, 0.1) is 0 Å². The standard InChI is InChI=1S/C14H22N2/c1-3-7-16-8-5-4-6-14(16)13-9-12(2)10-15-11-13/h9-11,14H,3-8H2,1-2H3. The Morgan fingerprint density at radius 3 is 3.00 bits per heavy atom. The van der Waals surface area contributed by atoms with Crippen molar-refractivity contribution in [3.05, 3.63) is 29.6 Å². The number of aromatic nitrogens is 1. The molecule has 1 unspecified atom stereocenters. The van der Waals surface area contributed by atoms with Gasteiger partial charge in [0.2, 0.25) is 0 Å². The molecule has 2 nitrogen and oxygen atoms in total. The molecule has 1 aromatic heterocycles. The summed E-state index contributed by atoms with van der Waals surface area (Å²) in [7, 11) is 0. The third-order valence-corrected chi connectivity index (χ3v) is 3.41. The summed E-state index contributed by atoms with van der Waals surface area (Å²) in [6.07, 6.45) is 9.25. The number of hydrogen-bond donors (Lipinski definition) is 0. The monoisotopic (exact) mass is 218 g/mol. The average Bonchev–Trinajstić information content (AvgIpc) is 2.30. The zero-order valence-electron chi connectivity index (χ0n) is 10.4. The molecule has 1 aliphatic heterocycles. The van der Waals surface area contributed by atoms with E-state index in [1.54, 1.807) is 0 Å². The summed E-state index contributed by atoms with van der Waals surface area (Å²) in [5, 5.41) is 0. The van der Waals surface area contributed by atoms with E-state index in [0.717, 1.165) is 0 Å². The van der Waals surface area contributed by atoms with Gasteiger partial charge in [-0.15, -0.1) is 0 Å². The molecule has 0 saturated carbocycles. The smallest absolute Gasteiger partial charge is 0.0363 e. The summed E-state index contributed by atoms with van der Waals surface area (Å²) in [5.41, 5.74) is 2.69. The Morgan fingerprint density at radius 2 is 2.25 bits per heavy atom. The second kappa shape index (κ2) is 5.44. The molecule has 1 fully saturated rings. The highest BCUT2D eigenvalue weighted by Crippen LogP contribution is 2.30. The van der Waals surface area contributed by atoms with Crippen molar-refractivity contribution in [2.45, 2.75) is 45.6 Å². The van der Waals surface area contributed by atoms with Gasteiger partial charge in [-0.05, 0) is 50.4 Å². The summed E-state index contributed by atoms with van der Waals surface area (Å²) in [6.45, 7) is 6.87. The maximum atomic E-state index is 4.33. The number of hydrogen-bond acceptors (Lipinski definition) is 2. The summed E-state index contributed by atoms with van der Waals surface area (Å²) in [4.78, 5) is 6.95. The maximum Gasteiger partial charge on any atom is 0.0363 e. The van der Waals surface area contributed by atoms with E-state index in [4.69, 9.17) is 0 Å². The fraction of sp³-hybridized carbons (Fsp3) is 0.643. The summed E-state index contributed by atoms with van der Waals surface area (Å²) < 4.78 is 0. The summed E-state index contributed by atoms with van der Waals surface area (Å²) in [6, 6.07) is 2.91. The predicted octanol–water partition coefficient (Wildman–Crippen LogP) is 3.33. The van der Waals surface area contributed by atoms with Crippen molar-refractivity contribution in [1.29, 1.82) is 0 Å². The second-order valence-electron chi connectivity index (χ2n) is 4.84. The first-order valence-corrected chi connectivity index (χ1v) is 6.47. The molecule has 2 rings (SSSR count). The molecule has 0 N–H and O–H groups in total. The van der Waals surface area contributed by atoms with Gasteiger partial charge in [0, 0.05) is 18.4 Å². The maximum absolute atomic E-state index is 4.33. The topological polar surface area (TPSA) is 16.1 Å². The van der Waals surface area contributed by atoms with E-state index >= 15 is 0 Å². The van der Waals surface area contributed by atoms with E-state index in [0.29, 0.717) is 6.04 Å². The Morgan fingerprint density at radius 1 is 1.38 bits per heavy atom. The van der Waals surface area contributed by atoms with Gasteiger partial charge >= 0.3 is 0 Å². The van der Waals surface area contributed by atoms with Crippen LogP contribution in [0.4, 0.5) is 0 Å². The molecule has 1 atom stereocenters. The normalized spacial score (nSPS) is 22.2. The van der Waals surface area contributed by atoms with Crippen molar-refractivity contribution in [2.75, 3.05) is 13.1 Å². The third kappa shape index (κ3) is 2.62. The molecule has 0 aliphatic carbocycles. The largest absolute Gasteiger partial charge is 0.296 e. The van der Waals surface area contributed by atoms with Gasteiger partial charge < -0.3 is 0 Å². The van der Waals surface area contributed by atoms with Crippen LogP contribution in [-0.4, -0.2) is 23.0 Å². The van der Waals surface area contributed by atoms with Crippen molar-refractivity contribution in [2.24, 2.45) is 0 Å². The molecule has 1 aliphatic rings. The molecule has 1 aromatic rings. The lowest BCUT2D eigenvalue weighted by Crippen LogP contribution is -2.34. The Labute approximate surface area is 98.7 Å². The van der Waals surface area contributed by atoms with E-state index in [2.05, 4.69) is 29.8 Å². The molecule has 16 heavy (non-hydrogen) atoms. The highest BCUT2D eigenvalue weighted by molar-refractivity contribution is 5.20. The minimum absolute atomic E-state index is 0.612. The highest BCUT2D eigenvalue weighted by atomic mass is 15.2. The quantitative estimate of drug-likeness (QED) is 0.773. The molecule has 0 bridgehead atoms. The molecule has 0 spiro atoms. The number of aryl methyl sites for hydroxylation is 1. The number of nitrogens with zero attached hydrogens (tertiary/aromatic N) is 2. The fourth-order valence-corrected chi connectivity index (χ4v) is 2.68. The minimum Gasteiger partial charge on any atom is -0.296 e. The van der Waals surface area contributed by atoms with Crippen LogP contribution >= 0.6 is 0 Å². The summed E-state index contributed by atoms with van der Waals surface area (Å²) >= 11 is 0. The van der Waals surface area contributed by atoms with Crippen LogP contribution in [0.15, 0.2) is 18.5 Å². The molecule has 0 radical (unpaired) electrons. The van der Waals surface area contributed by atoms with Crippen LogP contribution in [0.5, 0.6) is 0 Å². The molecular formula is C14H22N2. The molecule has 2 heteroatoms. The fourth-order valence-electron chi connectivity index (χ4n) is 2.68. The van der Waals surface area contributed by atoms with E-state index in [1.165, 1.54) is 49.9 Å².